The summed E-state index contributed by atoms with van der Waals surface area (Å²) in [6.45, 7) is 0. The lowest BCUT2D eigenvalue weighted by molar-refractivity contribution is 0.470. The van der Waals surface area contributed by atoms with Gasteiger partial charge in [-0.2, -0.15) is 0 Å². The minimum atomic E-state index is -0.0487. The molecule has 0 aliphatic carbocycles. The average molecular weight is 280 g/mol. The summed E-state index contributed by atoms with van der Waals surface area (Å²) in [5.41, 5.74) is 0.766. The number of hydrogen-bond donors (Lipinski definition) is 1. The molecule has 2 nitrogen and oxygen atoms in total. The summed E-state index contributed by atoms with van der Waals surface area (Å²) in [5, 5.41) is 9.36. The molecule has 0 fully saturated rings. The molecule has 0 aromatic heterocycles. The number of rotatable bonds is 1. The molecule has 1 heterocycles. The lowest BCUT2D eigenvalue weighted by Crippen LogP contribution is -1.76. The molecule has 1 aromatic rings. The number of benzene rings is 1. The van der Waals surface area contributed by atoms with Gasteiger partial charge in [-0.1, -0.05) is 31.9 Å². The van der Waals surface area contributed by atoms with Crippen molar-refractivity contribution < 1.29 is 9.84 Å². The molecule has 0 amide bonds. The highest BCUT2D eigenvalue weighted by Crippen LogP contribution is 2.56. The first kappa shape index (κ1) is 7.43. The number of phenolic OH excluding ortho intramolecular Hbond substituents is 1. The summed E-state index contributed by atoms with van der Waals surface area (Å²) in [5.74, 6) is 1.88. The highest BCUT2D eigenvalue weighted by atomic mass is 79.9. The van der Waals surface area contributed by atoms with Crippen molar-refractivity contribution in [2.24, 2.45) is 0 Å². The molecule has 4 heteroatoms. The van der Waals surface area contributed by atoms with E-state index in [1.165, 1.54) is 0 Å². The Morgan fingerprint density at radius 1 is 1.36 bits per heavy atom. The molecule has 2 rings (SSSR count). The van der Waals surface area contributed by atoms with Gasteiger partial charge in [-0.3, -0.25) is 0 Å². The maximum Gasteiger partial charge on any atom is 0.179 e. The average Bonchev–Trinajstić information content (AvgIpc) is 2.64. The van der Waals surface area contributed by atoms with Gasteiger partial charge in [-0.25, -0.2) is 0 Å². The van der Waals surface area contributed by atoms with Crippen LogP contribution in [0, 0.1) is 0 Å². The molecular weight excluding hydrogens is 276 g/mol. The van der Waals surface area contributed by atoms with E-state index < -0.39 is 0 Å². The Kier molecular flexibility index (Phi) is 1.61. The summed E-state index contributed by atoms with van der Waals surface area (Å²) in [6, 6.07) is 3.37. The normalized spacial score (nSPS) is 12.6. The quantitative estimate of drug-likeness (QED) is 0.642. The van der Waals surface area contributed by atoms with E-state index in [9.17, 15) is 5.11 Å². The van der Waals surface area contributed by atoms with Gasteiger partial charge in [0.1, 0.15) is 9.49 Å². The smallest absolute Gasteiger partial charge is 0.179 e. The van der Waals surface area contributed by atoms with E-state index in [4.69, 9.17) is 4.74 Å². The van der Waals surface area contributed by atoms with Gasteiger partial charge in [-0.15, -0.1) is 0 Å². The third kappa shape index (κ3) is 1.14. The minimum Gasteiger partial charge on any atom is -0.507 e. The Hall–Kier alpha value is -0.220. The fourth-order valence-electron chi connectivity index (χ4n) is 0.953. The molecule has 0 atom stereocenters. The van der Waals surface area contributed by atoms with Crippen molar-refractivity contribution in [3.63, 3.8) is 0 Å². The van der Waals surface area contributed by atoms with Crippen molar-refractivity contribution >= 4 is 31.9 Å². The summed E-state index contributed by atoms with van der Waals surface area (Å²) in [4.78, 5) is 0. The number of aromatic hydroxyl groups is 1. The third-order valence-corrected chi connectivity index (χ3v) is 2.44. The van der Waals surface area contributed by atoms with Crippen molar-refractivity contribution in [2.45, 2.75) is 3.74 Å². The molecule has 0 saturated carbocycles. The summed E-state index contributed by atoms with van der Waals surface area (Å²) < 4.78 is 5.04. The van der Waals surface area contributed by atoms with E-state index in [1.807, 2.05) is 0 Å². The third-order valence-electron chi connectivity index (χ3n) is 1.53. The molecule has 0 saturated heterocycles. The fourth-order valence-corrected chi connectivity index (χ4v) is 1.84. The van der Waals surface area contributed by atoms with Crippen molar-refractivity contribution in [1.29, 1.82) is 0 Å². The van der Waals surface area contributed by atoms with Gasteiger partial charge in [0.25, 0.3) is 0 Å². The summed E-state index contributed by atoms with van der Waals surface area (Å²) >= 11 is 6.59. The number of halogens is 2. The molecule has 58 valence electrons. The Labute approximate surface area is 80.4 Å². The molecule has 0 bridgehead atoms. The SMILES string of the molecule is Oc1ccc2c(c1C(Br)Br)O2. The van der Waals surface area contributed by atoms with Crippen molar-refractivity contribution in [2.75, 3.05) is 0 Å². The minimum absolute atomic E-state index is 0.0487. The fraction of sp³-hybridized carbons (Fsp3) is 0.143. The topological polar surface area (TPSA) is 32.8 Å². The van der Waals surface area contributed by atoms with Crippen LogP contribution in [0.1, 0.15) is 9.30 Å². The number of alkyl halides is 2. The maximum absolute atomic E-state index is 9.36. The van der Waals surface area contributed by atoms with Crippen LogP contribution in [0.5, 0.6) is 17.2 Å². The van der Waals surface area contributed by atoms with Crippen LogP contribution >= 0.6 is 31.9 Å². The van der Waals surface area contributed by atoms with Gasteiger partial charge in [0.05, 0.1) is 5.56 Å². The highest BCUT2D eigenvalue weighted by molar-refractivity contribution is 9.24. The van der Waals surface area contributed by atoms with Gasteiger partial charge < -0.3 is 9.84 Å². The summed E-state index contributed by atoms with van der Waals surface area (Å²) in [7, 11) is 0. The number of hydrogen-bond acceptors (Lipinski definition) is 2. The van der Waals surface area contributed by atoms with Crippen molar-refractivity contribution in [1.82, 2.24) is 0 Å². The van der Waals surface area contributed by atoms with Gasteiger partial charge in [0.2, 0.25) is 0 Å². The van der Waals surface area contributed by atoms with Crippen molar-refractivity contribution in [3.8, 4) is 17.2 Å². The Balaban J connectivity index is 2.55. The summed E-state index contributed by atoms with van der Waals surface area (Å²) in [6.07, 6.45) is 0. The van der Waals surface area contributed by atoms with Crippen LogP contribution in [0.15, 0.2) is 12.1 Å². The van der Waals surface area contributed by atoms with Crippen LogP contribution in [0.2, 0.25) is 0 Å². The zero-order valence-corrected chi connectivity index (χ0v) is 8.52. The molecule has 0 unspecified atom stereocenters. The van der Waals surface area contributed by atoms with E-state index in [2.05, 4.69) is 31.9 Å². The lowest BCUT2D eigenvalue weighted by Gasteiger charge is -2.00. The van der Waals surface area contributed by atoms with E-state index in [0.29, 0.717) is 0 Å². The van der Waals surface area contributed by atoms with Gasteiger partial charge in [0, 0.05) is 0 Å². The highest BCUT2D eigenvalue weighted by Gasteiger charge is 2.29. The molecule has 0 spiro atoms. The van der Waals surface area contributed by atoms with Gasteiger partial charge >= 0.3 is 0 Å². The van der Waals surface area contributed by atoms with Gasteiger partial charge in [-0.05, 0) is 12.1 Å². The maximum atomic E-state index is 9.36. The second kappa shape index (κ2) is 2.38. The lowest BCUT2D eigenvalue weighted by atomic mass is 10.2. The van der Waals surface area contributed by atoms with E-state index in [-0.39, 0.29) is 9.49 Å². The molecule has 1 aromatic carbocycles. The number of fused-ring (bicyclic) bond motifs is 1. The molecular formula is C7H4Br2O2. The first-order chi connectivity index (χ1) is 5.20. The molecule has 1 N–H and O–H groups in total. The van der Waals surface area contributed by atoms with E-state index >= 15 is 0 Å². The standard InChI is InChI=1S/C7H4Br2O2/c8-7(9)5-3(10)1-2-4-6(5)11-4/h1-2,7,10H. The van der Waals surface area contributed by atoms with Crippen LogP contribution in [0.3, 0.4) is 0 Å². The first-order valence-electron chi connectivity index (χ1n) is 3.02. The predicted octanol–water partition coefficient (Wildman–Crippen LogP) is 3.29. The van der Waals surface area contributed by atoms with Gasteiger partial charge in [0.15, 0.2) is 11.5 Å². The first-order valence-corrected chi connectivity index (χ1v) is 4.85. The Morgan fingerprint density at radius 2 is 2.09 bits per heavy atom. The Morgan fingerprint density at radius 3 is 2.64 bits per heavy atom. The van der Waals surface area contributed by atoms with Crippen LogP contribution in [-0.2, 0) is 0 Å². The molecule has 1 aliphatic heterocycles. The molecule has 11 heavy (non-hydrogen) atoms. The molecule has 1 aliphatic rings. The predicted molar refractivity (Wildman–Crippen MR) is 48.8 cm³/mol. The second-order valence-electron chi connectivity index (χ2n) is 2.23. The number of phenols is 1. The van der Waals surface area contributed by atoms with Crippen LogP contribution in [0.25, 0.3) is 0 Å². The monoisotopic (exact) mass is 278 g/mol. The zero-order valence-electron chi connectivity index (χ0n) is 5.34. The van der Waals surface area contributed by atoms with Crippen molar-refractivity contribution in [3.05, 3.63) is 17.7 Å². The van der Waals surface area contributed by atoms with E-state index in [0.717, 1.165) is 17.1 Å². The number of ether oxygens (including phenoxy) is 1. The van der Waals surface area contributed by atoms with Crippen LogP contribution in [0.4, 0.5) is 0 Å². The van der Waals surface area contributed by atoms with Crippen LogP contribution < -0.4 is 4.74 Å². The largest absolute Gasteiger partial charge is 0.507 e. The zero-order chi connectivity index (χ0) is 8.01. The van der Waals surface area contributed by atoms with E-state index in [1.54, 1.807) is 12.1 Å². The molecule has 0 radical (unpaired) electrons. The second-order valence-corrected chi connectivity index (χ2v) is 5.29. The van der Waals surface area contributed by atoms with Crippen LogP contribution in [-0.4, -0.2) is 5.11 Å². The Bertz CT molecular complexity index is 306.